The maximum absolute atomic E-state index is 13.4. The molecular weight excluding hydrogens is 260 g/mol. The number of anilines is 2. The summed E-state index contributed by atoms with van der Waals surface area (Å²) < 4.78 is 26.4. The van der Waals surface area contributed by atoms with E-state index in [1.54, 1.807) is 0 Å². The van der Waals surface area contributed by atoms with Gasteiger partial charge < -0.3 is 10.3 Å². The molecule has 98 valence electrons. The molecule has 0 aliphatic carbocycles. The Hall–Kier alpha value is -2.77. The van der Waals surface area contributed by atoms with Gasteiger partial charge in [-0.25, -0.2) is 8.78 Å². The van der Waals surface area contributed by atoms with E-state index in [2.05, 4.69) is 10.3 Å². The monoisotopic (exact) mass is 267 g/mol. The number of nitro groups is 1. The molecule has 0 radical (unpaired) electrons. The Bertz CT molecular complexity index is 700. The fourth-order valence-corrected chi connectivity index (χ4v) is 1.45. The van der Waals surface area contributed by atoms with Crippen LogP contribution in [0.3, 0.4) is 0 Å². The number of hydrogen-bond donors (Lipinski definition) is 2. The highest BCUT2D eigenvalue weighted by Gasteiger charge is 2.16. The Balaban J connectivity index is 2.48. The van der Waals surface area contributed by atoms with Gasteiger partial charge in [0.2, 0.25) is 5.56 Å². The van der Waals surface area contributed by atoms with Gasteiger partial charge in [0.05, 0.1) is 10.6 Å². The van der Waals surface area contributed by atoms with Crippen LogP contribution in [0.25, 0.3) is 0 Å². The zero-order chi connectivity index (χ0) is 14.0. The third-order valence-corrected chi connectivity index (χ3v) is 2.30. The molecule has 0 aliphatic heterocycles. The van der Waals surface area contributed by atoms with Gasteiger partial charge in [0.1, 0.15) is 0 Å². The topological polar surface area (TPSA) is 88.0 Å². The SMILES string of the molecule is O=c1ccc([N+](=O)[O-])c(Nc2cccc(F)c2F)[nH]1. The van der Waals surface area contributed by atoms with Crippen molar-refractivity contribution < 1.29 is 13.7 Å². The molecule has 2 rings (SSSR count). The van der Waals surface area contributed by atoms with Gasteiger partial charge in [-0.3, -0.25) is 14.9 Å². The van der Waals surface area contributed by atoms with Crippen molar-refractivity contribution >= 4 is 17.2 Å². The predicted molar refractivity (Wildman–Crippen MR) is 63.4 cm³/mol. The van der Waals surface area contributed by atoms with E-state index in [-0.39, 0.29) is 11.5 Å². The number of halogens is 2. The van der Waals surface area contributed by atoms with Crippen LogP contribution in [0.4, 0.5) is 26.0 Å². The first kappa shape index (κ1) is 12.7. The van der Waals surface area contributed by atoms with Crippen LogP contribution in [0.2, 0.25) is 0 Å². The van der Waals surface area contributed by atoms with Gasteiger partial charge in [0.25, 0.3) is 0 Å². The summed E-state index contributed by atoms with van der Waals surface area (Å²) in [5, 5.41) is 13.0. The molecule has 0 saturated heterocycles. The summed E-state index contributed by atoms with van der Waals surface area (Å²) in [6.07, 6.45) is 0. The van der Waals surface area contributed by atoms with E-state index in [9.17, 15) is 23.7 Å². The van der Waals surface area contributed by atoms with E-state index < -0.39 is 27.8 Å². The molecule has 0 unspecified atom stereocenters. The largest absolute Gasteiger partial charge is 0.333 e. The summed E-state index contributed by atoms with van der Waals surface area (Å²) >= 11 is 0. The van der Waals surface area contributed by atoms with Crippen LogP contribution in [-0.4, -0.2) is 9.91 Å². The van der Waals surface area contributed by atoms with Crippen LogP contribution in [0.15, 0.2) is 35.1 Å². The molecule has 1 aromatic heterocycles. The minimum atomic E-state index is -1.19. The first-order chi connectivity index (χ1) is 8.99. The number of benzene rings is 1. The van der Waals surface area contributed by atoms with Crippen molar-refractivity contribution in [2.75, 3.05) is 5.32 Å². The summed E-state index contributed by atoms with van der Waals surface area (Å²) in [5.41, 5.74) is -1.38. The number of rotatable bonds is 3. The summed E-state index contributed by atoms with van der Waals surface area (Å²) in [6, 6.07) is 5.26. The van der Waals surface area contributed by atoms with E-state index in [4.69, 9.17) is 0 Å². The fraction of sp³-hybridized carbons (Fsp3) is 0. The average Bonchev–Trinajstić information content (AvgIpc) is 2.35. The van der Waals surface area contributed by atoms with E-state index in [1.165, 1.54) is 12.1 Å². The lowest BCUT2D eigenvalue weighted by molar-refractivity contribution is -0.384. The molecule has 6 nitrogen and oxygen atoms in total. The van der Waals surface area contributed by atoms with Crippen molar-refractivity contribution in [2.45, 2.75) is 0 Å². The van der Waals surface area contributed by atoms with E-state index in [0.29, 0.717) is 0 Å². The van der Waals surface area contributed by atoms with Crippen molar-refractivity contribution in [2.24, 2.45) is 0 Å². The standard InChI is InChI=1S/C11H7F2N3O3/c12-6-2-1-3-7(10(6)13)14-11-8(16(18)19)4-5-9(17)15-11/h1-5H,(H2,14,15,17). The number of pyridine rings is 1. The van der Waals surface area contributed by atoms with Gasteiger partial charge in [-0.2, -0.15) is 0 Å². The molecule has 1 heterocycles. The summed E-state index contributed by atoms with van der Waals surface area (Å²) in [4.78, 5) is 23.3. The molecule has 0 bridgehead atoms. The zero-order valence-corrected chi connectivity index (χ0v) is 9.31. The molecule has 0 saturated carbocycles. The molecule has 0 atom stereocenters. The number of aromatic amines is 1. The summed E-state index contributed by atoms with van der Waals surface area (Å²) in [7, 11) is 0. The van der Waals surface area contributed by atoms with Crippen LogP contribution in [0.1, 0.15) is 0 Å². The number of hydrogen-bond acceptors (Lipinski definition) is 4. The molecule has 8 heteroatoms. The second-order valence-corrected chi connectivity index (χ2v) is 3.57. The second-order valence-electron chi connectivity index (χ2n) is 3.57. The van der Waals surface area contributed by atoms with Crippen molar-refractivity contribution in [3.63, 3.8) is 0 Å². The Kier molecular flexibility index (Phi) is 3.23. The number of nitrogens with zero attached hydrogens (tertiary/aromatic N) is 1. The second kappa shape index (κ2) is 4.84. The van der Waals surface area contributed by atoms with Gasteiger partial charge in [-0.15, -0.1) is 0 Å². The molecule has 0 fully saturated rings. The maximum atomic E-state index is 13.4. The first-order valence-electron chi connectivity index (χ1n) is 5.08. The minimum absolute atomic E-state index is 0.315. The Labute approximate surface area is 104 Å². The molecular formula is C11H7F2N3O3. The quantitative estimate of drug-likeness (QED) is 0.659. The van der Waals surface area contributed by atoms with Crippen LogP contribution in [0, 0.1) is 21.7 Å². The van der Waals surface area contributed by atoms with Crippen LogP contribution in [0.5, 0.6) is 0 Å². The van der Waals surface area contributed by atoms with Crippen LogP contribution < -0.4 is 10.9 Å². The lowest BCUT2D eigenvalue weighted by atomic mass is 10.3. The van der Waals surface area contributed by atoms with Gasteiger partial charge in [-0.05, 0) is 12.1 Å². The first-order valence-corrected chi connectivity index (χ1v) is 5.08. The Morgan fingerprint density at radius 3 is 2.63 bits per heavy atom. The highest BCUT2D eigenvalue weighted by atomic mass is 19.2. The Morgan fingerprint density at radius 1 is 1.21 bits per heavy atom. The average molecular weight is 267 g/mol. The summed E-state index contributed by atoms with van der Waals surface area (Å²) in [5.74, 6) is -2.62. The maximum Gasteiger partial charge on any atom is 0.309 e. The van der Waals surface area contributed by atoms with Crippen LogP contribution >= 0.6 is 0 Å². The van der Waals surface area contributed by atoms with Crippen molar-refractivity contribution in [3.8, 4) is 0 Å². The normalized spacial score (nSPS) is 10.2. The molecule has 2 N–H and O–H groups in total. The molecule has 0 aliphatic rings. The smallest absolute Gasteiger partial charge is 0.309 e. The Morgan fingerprint density at radius 2 is 1.95 bits per heavy atom. The fourth-order valence-electron chi connectivity index (χ4n) is 1.45. The molecule has 0 amide bonds. The molecule has 2 aromatic rings. The molecule has 1 aromatic carbocycles. The number of H-pyrrole nitrogens is 1. The van der Waals surface area contributed by atoms with Crippen molar-refractivity contribution in [1.82, 2.24) is 4.98 Å². The zero-order valence-electron chi connectivity index (χ0n) is 9.31. The van der Waals surface area contributed by atoms with E-state index in [1.807, 2.05) is 0 Å². The van der Waals surface area contributed by atoms with E-state index >= 15 is 0 Å². The van der Waals surface area contributed by atoms with Crippen LogP contribution in [-0.2, 0) is 0 Å². The lowest BCUT2D eigenvalue weighted by Crippen LogP contribution is -2.10. The van der Waals surface area contributed by atoms with Gasteiger partial charge in [-0.1, -0.05) is 6.07 Å². The summed E-state index contributed by atoms with van der Waals surface area (Å²) in [6.45, 7) is 0. The van der Waals surface area contributed by atoms with Gasteiger partial charge >= 0.3 is 5.69 Å². The lowest BCUT2D eigenvalue weighted by Gasteiger charge is -2.07. The highest BCUT2D eigenvalue weighted by molar-refractivity contribution is 5.65. The molecule has 19 heavy (non-hydrogen) atoms. The van der Waals surface area contributed by atoms with Gasteiger partial charge in [0.15, 0.2) is 17.5 Å². The molecule has 0 spiro atoms. The minimum Gasteiger partial charge on any atom is -0.333 e. The van der Waals surface area contributed by atoms with Crippen molar-refractivity contribution in [3.05, 3.63) is 62.4 Å². The van der Waals surface area contributed by atoms with Gasteiger partial charge in [0, 0.05) is 12.1 Å². The number of aromatic nitrogens is 1. The predicted octanol–water partition coefficient (Wildman–Crippen LogP) is 2.30. The van der Waals surface area contributed by atoms with E-state index in [0.717, 1.165) is 18.2 Å². The van der Waals surface area contributed by atoms with Crippen molar-refractivity contribution in [1.29, 1.82) is 0 Å². The number of nitrogens with one attached hydrogen (secondary N) is 2. The third kappa shape index (κ3) is 2.57. The third-order valence-electron chi connectivity index (χ3n) is 2.30. The highest BCUT2D eigenvalue weighted by Crippen LogP contribution is 2.25.